The molecule has 0 saturated heterocycles. The van der Waals surface area contributed by atoms with Crippen molar-refractivity contribution in [3.8, 4) is 5.75 Å². The maximum Gasteiger partial charge on any atom is 0.417 e. The zero-order chi connectivity index (χ0) is 27.1. The van der Waals surface area contributed by atoms with E-state index in [1.807, 2.05) is 12.1 Å². The van der Waals surface area contributed by atoms with Gasteiger partial charge >= 0.3 is 6.09 Å². The van der Waals surface area contributed by atoms with Gasteiger partial charge in [0.15, 0.2) is 0 Å². The van der Waals surface area contributed by atoms with Crippen LogP contribution in [-0.2, 0) is 0 Å². The van der Waals surface area contributed by atoms with E-state index in [1.54, 1.807) is 0 Å². The van der Waals surface area contributed by atoms with Crippen LogP contribution in [0.1, 0.15) is 64.6 Å². The highest BCUT2D eigenvalue weighted by Crippen LogP contribution is 2.35. The molecule has 0 aliphatic heterocycles. The first-order valence-corrected chi connectivity index (χ1v) is 13.7. The summed E-state index contributed by atoms with van der Waals surface area (Å²) in [5.74, 6) is 1.68. The van der Waals surface area contributed by atoms with Crippen LogP contribution in [-0.4, -0.2) is 58.6 Å². The number of nitro groups is 1. The number of H-pyrrole nitrogens is 1. The maximum atomic E-state index is 12.9. The van der Waals surface area contributed by atoms with Gasteiger partial charge in [-0.25, -0.2) is 9.78 Å². The number of rotatable bonds is 11. The number of carbonyl (C=O) groups excluding carboxylic acids is 1. The molecule has 2 aromatic carbocycles. The number of aromatic amines is 1. The zero-order valence-electron chi connectivity index (χ0n) is 22.5. The van der Waals surface area contributed by atoms with Gasteiger partial charge in [-0.05, 0) is 57.1 Å². The normalized spacial score (nSPS) is 14.1. The molecular weight excluding hydrogens is 484 g/mol. The second-order valence-corrected chi connectivity index (χ2v) is 9.72. The second kappa shape index (κ2) is 12.7. The van der Waals surface area contributed by atoms with Crippen molar-refractivity contribution >= 4 is 34.2 Å². The van der Waals surface area contributed by atoms with Crippen LogP contribution in [0.25, 0.3) is 11.0 Å². The number of hydrogen-bond donors (Lipinski definition) is 2. The summed E-state index contributed by atoms with van der Waals surface area (Å²) >= 11 is 0. The van der Waals surface area contributed by atoms with Gasteiger partial charge < -0.3 is 19.5 Å². The van der Waals surface area contributed by atoms with Gasteiger partial charge in [-0.3, -0.25) is 15.4 Å². The van der Waals surface area contributed by atoms with E-state index in [0.29, 0.717) is 11.6 Å². The summed E-state index contributed by atoms with van der Waals surface area (Å²) in [5, 5.41) is 13.8. The number of carbonyl (C=O) groups is 1. The fraction of sp³-hybridized carbons (Fsp3) is 0.500. The monoisotopic (exact) mass is 522 g/mol. The number of amides is 1. The Morgan fingerprint density at radius 3 is 2.42 bits per heavy atom. The molecule has 1 fully saturated rings. The lowest BCUT2D eigenvalue weighted by molar-refractivity contribution is -0.384. The molecule has 38 heavy (non-hydrogen) atoms. The maximum absolute atomic E-state index is 12.9. The van der Waals surface area contributed by atoms with Crippen LogP contribution in [0.15, 0.2) is 36.4 Å². The standard InChI is InChI=1S/C28H38N6O4/c1-4-32(5-2)16-17-33(6-3)26-19-24-23(29-27(30-24)20-10-8-7-9-11-20)18-25(26)31-28(35)38-22-14-12-21(13-15-22)34(36)37/h12-15,18-20H,4-11,16-17H2,1-3H3,(H,29,30)(H,31,35). The van der Waals surface area contributed by atoms with Crippen molar-refractivity contribution in [1.82, 2.24) is 14.9 Å². The van der Waals surface area contributed by atoms with Crippen LogP contribution in [0.2, 0.25) is 0 Å². The Balaban J connectivity index is 1.61. The van der Waals surface area contributed by atoms with Crippen molar-refractivity contribution in [2.24, 2.45) is 0 Å². The molecule has 0 bridgehead atoms. The number of hydrogen-bond acceptors (Lipinski definition) is 7. The molecule has 1 aromatic heterocycles. The van der Waals surface area contributed by atoms with Crippen molar-refractivity contribution < 1.29 is 14.5 Å². The minimum Gasteiger partial charge on any atom is -0.410 e. The van der Waals surface area contributed by atoms with E-state index in [9.17, 15) is 14.9 Å². The molecule has 1 aliphatic rings. The van der Waals surface area contributed by atoms with Crippen LogP contribution in [0.4, 0.5) is 21.9 Å². The Hall–Kier alpha value is -3.66. The molecule has 1 amide bonds. The molecule has 1 aliphatic carbocycles. The van der Waals surface area contributed by atoms with Crippen molar-refractivity contribution in [3.05, 3.63) is 52.3 Å². The van der Waals surface area contributed by atoms with Crippen LogP contribution in [0.3, 0.4) is 0 Å². The predicted octanol–water partition coefficient (Wildman–Crippen LogP) is 6.30. The summed E-state index contributed by atoms with van der Waals surface area (Å²) in [5.41, 5.74) is 3.21. The molecule has 2 N–H and O–H groups in total. The van der Waals surface area contributed by atoms with Gasteiger partial charge in [-0.15, -0.1) is 0 Å². The number of nitrogens with one attached hydrogen (secondary N) is 2. The van der Waals surface area contributed by atoms with E-state index in [4.69, 9.17) is 9.72 Å². The van der Waals surface area contributed by atoms with Gasteiger partial charge in [0.2, 0.25) is 0 Å². The van der Waals surface area contributed by atoms with Crippen molar-refractivity contribution in [2.45, 2.75) is 58.8 Å². The summed E-state index contributed by atoms with van der Waals surface area (Å²) in [6.07, 6.45) is 5.36. The molecule has 10 nitrogen and oxygen atoms in total. The lowest BCUT2D eigenvalue weighted by atomic mass is 9.89. The minimum atomic E-state index is -0.661. The van der Waals surface area contributed by atoms with Gasteiger partial charge in [0.25, 0.3) is 5.69 Å². The number of nitrogens with zero attached hydrogens (tertiary/aromatic N) is 4. The molecule has 4 rings (SSSR count). The molecule has 1 saturated carbocycles. The summed E-state index contributed by atoms with van der Waals surface area (Å²) < 4.78 is 5.44. The summed E-state index contributed by atoms with van der Waals surface area (Å²) in [6.45, 7) is 10.8. The molecule has 0 spiro atoms. The highest BCUT2D eigenvalue weighted by atomic mass is 16.6. The summed E-state index contributed by atoms with van der Waals surface area (Å²) in [6, 6.07) is 9.42. The van der Waals surface area contributed by atoms with Crippen LogP contribution < -0.4 is 15.0 Å². The number of non-ortho nitro benzene ring substituents is 1. The lowest BCUT2D eigenvalue weighted by Gasteiger charge is -2.28. The third-order valence-electron chi connectivity index (χ3n) is 7.41. The van der Waals surface area contributed by atoms with Crippen LogP contribution in [0, 0.1) is 10.1 Å². The van der Waals surface area contributed by atoms with Gasteiger partial charge in [0.1, 0.15) is 11.6 Å². The van der Waals surface area contributed by atoms with E-state index in [0.717, 1.165) is 68.1 Å². The Morgan fingerprint density at radius 1 is 1.08 bits per heavy atom. The molecule has 0 unspecified atom stereocenters. The number of fused-ring (bicyclic) bond motifs is 1. The van der Waals surface area contributed by atoms with E-state index in [1.165, 1.54) is 43.5 Å². The van der Waals surface area contributed by atoms with E-state index in [2.05, 4.69) is 40.9 Å². The smallest absolute Gasteiger partial charge is 0.410 e. The Bertz CT molecular complexity index is 1230. The number of likely N-dealkylation sites (N-methyl/N-ethyl adjacent to an activating group) is 2. The molecular formula is C28H38N6O4. The van der Waals surface area contributed by atoms with Crippen molar-refractivity contribution in [1.29, 1.82) is 0 Å². The van der Waals surface area contributed by atoms with Gasteiger partial charge in [0, 0.05) is 37.7 Å². The molecule has 1 heterocycles. The number of nitro benzene ring substituents is 1. The van der Waals surface area contributed by atoms with Crippen LogP contribution >= 0.6 is 0 Å². The molecule has 0 radical (unpaired) electrons. The number of benzene rings is 2. The SMILES string of the molecule is CCN(CC)CCN(CC)c1cc2nc(C3CCCCC3)[nH]c2cc1NC(=O)Oc1ccc([N+](=O)[O-])cc1. The van der Waals surface area contributed by atoms with Gasteiger partial charge in [0.05, 0.1) is 27.3 Å². The Labute approximate surface area is 223 Å². The quantitative estimate of drug-likeness (QED) is 0.224. The van der Waals surface area contributed by atoms with E-state index in [-0.39, 0.29) is 11.4 Å². The number of anilines is 2. The van der Waals surface area contributed by atoms with Crippen LogP contribution in [0.5, 0.6) is 5.75 Å². The van der Waals surface area contributed by atoms with Gasteiger partial charge in [-0.1, -0.05) is 33.1 Å². The number of aromatic nitrogens is 2. The minimum absolute atomic E-state index is 0.0645. The average molecular weight is 523 g/mol. The Kier molecular flexibility index (Phi) is 9.17. The van der Waals surface area contributed by atoms with Crippen molar-refractivity contribution in [3.63, 3.8) is 0 Å². The third kappa shape index (κ3) is 6.61. The van der Waals surface area contributed by atoms with E-state index >= 15 is 0 Å². The zero-order valence-corrected chi connectivity index (χ0v) is 22.5. The largest absolute Gasteiger partial charge is 0.417 e. The molecule has 0 atom stereocenters. The average Bonchev–Trinajstić information content (AvgIpc) is 3.35. The molecule has 3 aromatic rings. The second-order valence-electron chi connectivity index (χ2n) is 9.72. The predicted molar refractivity (Wildman–Crippen MR) is 150 cm³/mol. The first kappa shape index (κ1) is 27.4. The Morgan fingerprint density at radius 2 is 1.79 bits per heavy atom. The summed E-state index contributed by atoms with van der Waals surface area (Å²) in [4.78, 5) is 36.4. The first-order valence-electron chi connectivity index (χ1n) is 13.7. The third-order valence-corrected chi connectivity index (χ3v) is 7.41. The molecule has 204 valence electrons. The lowest BCUT2D eigenvalue weighted by Crippen LogP contribution is -2.35. The van der Waals surface area contributed by atoms with Crippen molar-refractivity contribution in [2.75, 3.05) is 42.9 Å². The fourth-order valence-electron chi connectivity index (χ4n) is 5.13. The number of ether oxygens (including phenoxy) is 1. The first-order chi connectivity index (χ1) is 18.4. The molecule has 10 heteroatoms. The fourth-order valence-corrected chi connectivity index (χ4v) is 5.13. The highest BCUT2D eigenvalue weighted by molar-refractivity contribution is 5.96. The highest BCUT2D eigenvalue weighted by Gasteiger charge is 2.21. The topological polar surface area (TPSA) is 117 Å². The summed E-state index contributed by atoms with van der Waals surface area (Å²) in [7, 11) is 0. The number of imidazole rings is 1. The van der Waals surface area contributed by atoms with E-state index < -0.39 is 11.0 Å². The van der Waals surface area contributed by atoms with Gasteiger partial charge in [-0.2, -0.15) is 0 Å².